The monoisotopic (exact) mass is 362 g/mol. The molecule has 0 heterocycles. The van der Waals surface area contributed by atoms with Crippen LogP contribution in [0, 0.1) is 11.6 Å². The van der Waals surface area contributed by atoms with Crippen LogP contribution in [0.1, 0.15) is 33.3 Å². The Labute approximate surface area is 135 Å². The molecule has 0 radical (unpaired) electrons. The van der Waals surface area contributed by atoms with Crippen molar-refractivity contribution in [1.82, 2.24) is 10.2 Å². The van der Waals surface area contributed by atoms with E-state index in [2.05, 4.69) is 53.8 Å². The van der Waals surface area contributed by atoms with Gasteiger partial charge in [0.05, 0.1) is 4.47 Å². The Morgan fingerprint density at radius 3 is 2.29 bits per heavy atom. The summed E-state index contributed by atoms with van der Waals surface area (Å²) in [5.41, 5.74) is -0.0802. The molecule has 1 N–H and O–H groups in total. The molecule has 0 bridgehead atoms. The third-order valence-electron chi connectivity index (χ3n) is 4.33. The Morgan fingerprint density at radius 1 is 1.24 bits per heavy atom. The van der Waals surface area contributed by atoms with Gasteiger partial charge in [0.25, 0.3) is 0 Å². The first-order chi connectivity index (χ1) is 9.79. The highest BCUT2D eigenvalue weighted by atomic mass is 79.9. The van der Waals surface area contributed by atoms with Gasteiger partial charge in [0.1, 0.15) is 11.6 Å². The maximum atomic E-state index is 14.2. The number of benzene rings is 1. The van der Waals surface area contributed by atoms with Crippen LogP contribution in [0.3, 0.4) is 0 Å². The summed E-state index contributed by atoms with van der Waals surface area (Å²) in [4.78, 5) is 2.29. The number of hydrogen-bond donors (Lipinski definition) is 1. The lowest BCUT2D eigenvalue weighted by Gasteiger charge is -2.43. The fraction of sp³-hybridized carbons (Fsp3) is 0.625. The van der Waals surface area contributed by atoms with E-state index in [9.17, 15) is 8.78 Å². The number of nitrogens with zero attached hydrogens (tertiary/aromatic N) is 1. The van der Waals surface area contributed by atoms with Crippen molar-refractivity contribution in [2.75, 3.05) is 20.1 Å². The number of hydrogen-bond acceptors (Lipinski definition) is 2. The van der Waals surface area contributed by atoms with Crippen LogP contribution >= 0.6 is 15.9 Å². The third-order valence-corrected chi connectivity index (χ3v) is 4.94. The summed E-state index contributed by atoms with van der Waals surface area (Å²) >= 11 is 3.13. The van der Waals surface area contributed by atoms with E-state index in [4.69, 9.17) is 0 Å². The Morgan fingerprint density at radius 2 is 1.81 bits per heavy atom. The van der Waals surface area contributed by atoms with E-state index < -0.39 is 11.6 Å². The van der Waals surface area contributed by atoms with Crippen LogP contribution in [-0.2, 0) is 6.42 Å². The van der Waals surface area contributed by atoms with Crippen molar-refractivity contribution in [3.63, 3.8) is 0 Å². The van der Waals surface area contributed by atoms with Gasteiger partial charge < -0.3 is 5.32 Å². The minimum absolute atomic E-state index is 0.0595. The molecule has 0 saturated heterocycles. The second-order valence-corrected chi connectivity index (χ2v) is 6.55. The van der Waals surface area contributed by atoms with Gasteiger partial charge in [-0.3, -0.25) is 4.90 Å². The summed E-state index contributed by atoms with van der Waals surface area (Å²) in [6, 6.07) is 2.65. The summed E-state index contributed by atoms with van der Waals surface area (Å²) in [5.74, 6) is -1.00. The standard InChI is InChI=1S/C16H25BrF2N2/c1-6-21(7-2)16(3,4)14(20-5)10-11-13(18)9-8-12(17)15(11)19/h8-9,14,20H,6-7,10H2,1-5H3. The van der Waals surface area contributed by atoms with Crippen molar-refractivity contribution in [3.05, 3.63) is 33.8 Å². The normalized spacial score (nSPS) is 13.8. The van der Waals surface area contributed by atoms with E-state index in [1.807, 2.05) is 7.05 Å². The van der Waals surface area contributed by atoms with E-state index in [0.717, 1.165) is 13.1 Å². The van der Waals surface area contributed by atoms with Gasteiger partial charge in [-0.15, -0.1) is 0 Å². The van der Waals surface area contributed by atoms with Crippen LogP contribution in [0.2, 0.25) is 0 Å². The molecule has 2 nitrogen and oxygen atoms in total. The van der Waals surface area contributed by atoms with Crippen LogP contribution in [0.15, 0.2) is 16.6 Å². The van der Waals surface area contributed by atoms with Crippen LogP contribution in [0.5, 0.6) is 0 Å². The van der Waals surface area contributed by atoms with E-state index in [-0.39, 0.29) is 17.1 Å². The predicted molar refractivity (Wildman–Crippen MR) is 87.6 cm³/mol. The zero-order chi connectivity index (χ0) is 16.2. The first kappa shape index (κ1) is 18.5. The SMILES string of the molecule is CCN(CC)C(C)(C)C(Cc1c(F)ccc(Br)c1F)NC. The minimum atomic E-state index is -0.509. The average Bonchev–Trinajstić information content (AvgIpc) is 2.44. The number of rotatable bonds is 7. The number of nitrogens with one attached hydrogen (secondary N) is 1. The maximum Gasteiger partial charge on any atom is 0.143 e. The highest BCUT2D eigenvalue weighted by molar-refractivity contribution is 9.10. The molecular weight excluding hydrogens is 338 g/mol. The summed E-state index contributed by atoms with van der Waals surface area (Å²) in [7, 11) is 1.84. The van der Waals surface area contributed by atoms with Gasteiger partial charge in [-0.25, -0.2) is 8.78 Å². The van der Waals surface area contributed by atoms with Crippen molar-refractivity contribution < 1.29 is 8.78 Å². The van der Waals surface area contributed by atoms with Crippen LogP contribution in [0.25, 0.3) is 0 Å². The largest absolute Gasteiger partial charge is 0.315 e. The van der Waals surface area contributed by atoms with Crippen molar-refractivity contribution in [1.29, 1.82) is 0 Å². The zero-order valence-electron chi connectivity index (χ0n) is 13.4. The topological polar surface area (TPSA) is 15.3 Å². The molecule has 21 heavy (non-hydrogen) atoms. The molecule has 1 unspecified atom stereocenters. The van der Waals surface area contributed by atoms with Gasteiger partial charge in [-0.1, -0.05) is 13.8 Å². The Hall–Kier alpha value is -0.520. The third kappa shape index (κ3) is 4.02. The molecule has 0 aromatic heterocycles. The average molecular weight is 363 g/mol. The highest BCUT2D eigenvalue weighted by Crippen LogP contribution is 2.27. The Bertz CT molecular complexity index is 474. The molecule has 0 aliphatic carbocycles. The van der Waals surface area contributed by atoms with Crippen molar-refractivity contribution in [2.24, 2.45) is 0 Å². The summed E-state index contributed by atoms with van der Waals surface area (Å²) in [5, 5.41) is 3.22. The summed E-state index contributed by atoms with van der Waals surface area (Å²) in [6.45, 7) is 10.2. The molecule has 0 spiro atoms. The predicted octanol–water partition coefficient (Wildman–Crippen LogP) is 3.98. The molecule has 1 aromatic rings. The molecule has 1 rings (SSSR count). The smallest absolute Gasteiger partial charge is 0.143 e. The Balaban J connectivity index is 3.11. The fourth-order valence-corrected chi connectivity index (χ4v) is 3.30. The second-order valence-electron chi connectivity index (χ2n) is 5.69. The van der Waals surface area contributed by atoms with Crippen molar-refractivity contribution in [3.8, 4) is 0 Å². The first-order valence-electron chi connectivity index (χ1n) is 7.34. The second kappa shape index (κ2) is 7.65. The van der Waals surface area contributed by atoms with Gasteiger partial charge in [-0.05, 0) is 68.5 Å². The lowest BCUT2D eigenvalue weighted by molar-refractivity contribution is 0.0936. The zero-order valence-corrected chi connectivity index (χ0v) is 15.0. The molecule has 0 amide bonds. The van der Waals surface area contributed by atoms with Crippen LogP contribution < -0.4 is 5.32 Å². The quantitative estimate of drug-likeness (QED) is 0.738. The summed E-state index contributed by atoms with van der Waals surface area (Å²) in [6.07, 6.45) is 0.303. The number of likely N-dealkylation sites (N-methyl/N-ethyl adjacent to an activating group) is 2. The van der Waals surface area contributed by atoms with E-state index in [1.54, 1.807) is 0 Å². The molecule has 0 saturated carbocycles. The highest BCUT2D eigenvalue weighted by Gasteiger charge is 2.34. The van der Waals surface area contributed by atoms with Gasteiger partial charge >= 0.3 is 0 Å². The summed E-state index contributed by atoms with van der Waals surface area (Å²) < 4.78 is 28.5. The van der Waals surface area contributed by atoms with Gasteiger partial charge in [0.2, 0.25) is 0 Å². The van der Waals surface area contributed by atoms with Crippen LogP contribution in [0.4, 0.5) is 8.78 Å². The number of halogens is 3. The molecule has 1 atom stereocenters. The maximum absolute atomic E-state index is 14.2. The minimum Gasteiger partial charge on any atom is -0.315 e. The molecular formula is C16H25BrF2N2. The lowest BCUT2D eigenvalue weighted by Crippen LogP contribution is -2.58. The molecule has 120 valence electrons. The molecule has 0 fully saturated rings. The van der Waals surface area contributed by atoms with E-state index in [1.165, 1.54) is 12.1 Å². The van der Waals surface area contributed by atoms with E-state index in [0.29, 0.717) is 10.9 Å². The van der Waals surface area contributed by atoms with Crippen molar-refractivity contribution >= 4 is 15.9 Å². The van der Waals surface area contributed by atoms with Gasteiger partial charge in [0.15, 0.2) is 0 Å². The first-order valence-corrected chi connectivity index (χ1v) is 8.13. The van der Waals surface area contributed by atoms with E-state index >= 15 is 0 Å². The van der Waals surface area contributed by atoms with Crippen molar-refractivity contribution in [2.45, 2.75) is 45.7 Å². The molecule has 5 heteroatoms. The molecule has 0 aliphatic rings. The molecule has 1 aromatic carbocycles. The fourth-order valence-electron chi connectivity index (χ4n) is 2.92. The molecule has 0 aliphatic heterocycles. The lowest BCUT2D eigenvalue weighted by atomic mass is 9.87. The van der Waals surface area contributed by atoms with Gasteiger partial charge in [0, 0.05) is 17.1 Å². The van der Waals surface area contributed by atoms with Crippen LogP contribution in [-0.4, -0.2) is 36.6 Å². The van der Waals surface area contributed by atoms with Gasteiger partial charge in [-0.2, -0.15) is 0 Å². The Kier molecular flexibility index (Phi) is 6.75.